The number of morpholine rings is 1. The minimum Gasteiger partial charge on any atom is -0.378 e. The molecular weight excluding hydrogens is 303 g/mol. The van der Waals surface area contributed by atoms with Crippen LogP contribution in [-0.4, -0.2) is 31.2 Å². The van der Waals surface area contributed by atoms with Crippen LogP contribution >= 0.6 is 58.0 Å². The topological polar surface area (TPSA) is 12.5 Å². The summed E-state index contributed by atoms with van der Waals surface area (Å²) in [7, 11) is 0. The molecular formula is C8H8Cl5NO. The maximum atomic E-state index is 6.03. The van der Waals surface area contributed by atoms with E-state index in [1.165, 1.54) is 0 Å². The predicted octanol–water partition coefficient (Wildman–Crippen LogP) is 3.85. The van der Waals surface area contributed by atoms with Crippen molar-refractivity contribution in [2.75, 3.05) is 26.3 Å². The Morgan fingerprint density at radius 2 is 1.40 bits per heavy atom. The average Bonchev–Trinajstić information content (AvgIpc) is 2.27. The van der Waals surface area contributed by atoms with E-state index >= 15 is 0 Å². The molecule has 0 aromatic carbocycles. The van der Waals surface area contributed by atoms with Crippen molar-refractivity contribution >= 4 is 58.0 Å². The maximum Gasteiger partial charge on any atom is 0.127 e. The standard InChI is InChI=1S/C8H8Cl5NO/c9-5(7(11)12)6(10)8(13)14-1-3-15-4-2-14/h1-4H2/b8-6-. The van der Waals surface area contributed by atoms with Gasteiger partial charge in [0.1, 0.15) is 9.65 Å². The van der Waals surface area contributed by atoms with Gasteiger partial charge in [-0.2, -0.15) is 0 Å². The Morgan fingerprint density at radius 1 is 0.867 bits per heavy atom. The van der Waals surface area contributed by atoms with E-state index in [2.05, 4.69) is 0 Å². The van der Waals surface area contributed by atoms with Gasteiger partial charge < -0.3 is 9.64 Å². The number of nitrogens with zero attached hydrogens (tertiary/aromatic N) is 1. The quantitative estimate of drug-likeness (QED) is 0.567. The third-order valence-corrected chi connectivity index (χ3v) is 3.77. The lowest BCUT2D eigenvalue weighted by Crippen LogP contribution is -2.34. The molecule has 1 heterocycles. The van der Waals surface area contributed by atoms with Crippen LogP contribution < -0.4 is 0 Å². The van der Waals surface area contributed by atoms with Gasteiger partial charge in [-0.1, -0.05) is 58.0 Å². The second-order valence-electron chi connectivity index (χ2n) is 2.78. The zero-order chi connectivity index (χ0) is 11.4. The highest BCUT2D eigenvalue weighted by Gasteiger charge is 2.17. The molecule has 0 bridgehead atoms. The Labute approximate surface area is 113 Å². The summed E-state index contributed by atoms with van der Waals surface area (Å²) in [4.78, 5) is 1.85. The monoisotopic (exact) mass is 309 g/mol. The van der Waals surface area contributed by atoms with Crippen LogP contribution in [-0.2, 0) is 4.74 Å². The Hall–Kier alpha value is 0.690. The first kappa shape index (κ1) is 13.8. The third-order valence-electron chi connectivity index (χ3n) is 1.83. The first-order valence-corrected chi connectivity index (χ1v) is 6.02. The summed E-state index contributed by atoms with van der Waals surface area (Å²) in [5, 5.41) is 0.542. The molecule has 0 atom stereocenters. The van der Waals surface area contributed by atoms with Crippen LogP contribution in [0.1, 0.15) is 0 Å². The first-order valence-electron chi connectivity index (χ1n) is 4.13. The molecule has 1 saturated heterocycles. The summed E-state index contributed by atoms with van der Waals surface area (Å²) in [5.41, 5.74) is 0. The van der Waals surface area contributed by atoms with Crippen LogP contribution in [0, 0.1) is 0 Å². The van der Waals surface area contributed by atoms with Crippen molar-refractivity contribution in [3.8, 4) is 0 Å². The molecule has 0 amide bonds. The molecule has 0 aromatic heterocycles. The van der Waals surface area contributed by atoms with Crippen LogP contribution in [0.25, 0.3) is 0 Å². The van der Waals surface area contributed by atoms with Gasteiger partial charge in [-0.3, -0.25) is 0 Å². The SMILES string of the molecule is ClC(Cl)=C(Cl)/C(Cl)=C(\Cl)N1CCOCC1. The Balaban J connectivity index is 2.83. The average molecular weight is 311 g/mol. The second-order valence-corrected chi connectivity index (χ2v) is 4.84. The van der Waals surface area contributed by atoms with E-state index in [0.29, 0.717) is 31.5 Å². The van der Waals surface area contributed by atoms with Gasteiger partial charge in [0.05, 0.1) is 23.3 Å². The Bertz CT molecular complexity index is 291. The number of halogens is 5. The maximum absolute atomic E-state index is 6.03. The van der Waals surface area contributed by atoms with Crippen LogP contribution in [0.2, 0.25) is 0 Å². The molecule has 1 rings (SSSR count). The summed E-state index contributed by atoms with van der Waals surface area (Å²) in [6, 6.07) is 0. The normalized spacial score (nSPS) is 18.6. The van der Waals surface area contributed by atoms with Crippen molar-refractivity contribution in [3.05, 3.63) is 19.7 Å². The fraction of sp³-hybridized carbons (Fsp3) is 0.500. The number of allylic oxidation sites excluding steroid dienone is 2. The van der Waals surface area contributed by atoms with Gasteiger partial charge in [-0.25, -0.2) is 0 Å². The largest absolute Gasteiger partial charge is 0.378 e. The van der Waals surface area contributed by atoms with Crippen LogP contribution in [0.15, 0.2) is 19.7 Å². The molecule has 86 valence electrons. The molecule has 15 heavy (non-hydrogen) atoms. The third kappa shape index (κ3) is 3.88. The highest BCUT2D eigenvalue weighted by atomic mass is 35.5. The van der Waals surface area contributed by atoms with Crippen molar-refractivity contribution in [2.45, 2.75) is 0 Å². The van der Waals surface area contributed by atoms with E-state index in [1.807, 2.05) is 4.90 Å². The molecule has 2 nitrogen and oxygen atoms in total. The summed E-state index contributed by atoms with van der Waals surface area (Å²) in [6.07, 6.45) is 0. The van der Waals surface area contributed by atoms with Crippen molar-refractivity contribution < 1.29 is 4.74 Å². The molecule has 0 saturated carbocycles. The molecule has 0 aromatic rings. The van der Waals surface area contributed by atoms with Gasteiger partial charge in [-0.05, 0) is 0 Å². The Kier molecular flexibility index (Phi) is 5.90. The van der Waals surface area contributed by atoms with Crippen molar-refractivity contribution in [3.63, 3.8) is 0 Å². The molecule has 0 N–H and O–H groups in total. The summed E-state index contributed by atoms with van der Waals surface area (Å²) in [5.74, 6) is 0. The van der Waals surface area contributed by atoms with Crippen molar-refractivity contribution in [2.24, 2.45) is 0 Å². The second kappa shape index (κ2) is 6.43. The first-order chi connectivity index (χ1) is 7.04. The van der Waals surface area contributed by atoms with Gasteiger partial charge in [0.2, 0.25) is 0 Å². The van der Waals surface area contributed by atoms with E-state index in [0.717, 1.165) is 0 Å². The van der Waals surface area contributed by atoms with Gasteiger partial charge in [-0.15, -0.1) is 0 Å². The van der Waals surface area contributed by atoms with Gasteiger partial charge in [0.15, 0.2) is 0 Å². The molecule has 0 unspecified atom stereocenters. The Morgan fingerprint density at radius 3 is 1.87 bits per heavy atom. The predicted molar refractivity (Wildman–Crippen MR) is 65.7 cm³/mol. The van der Waals surface area contributed by atoms with E-state index in [-0.39, 0.29) is 14.6 Å². The van der Waals surface area contributed by atoms with Gasteiger partial charge in [0, 0.05) is 13.1 Å². The number of hydrogen-bond acceptors (Lipinski definition) is 2. The molecule has 0 aliphatic carbocycles. The van der Waals surface area contributed by atoms with Crippen LogP contribution in [0.3, 0.4) is 0 Å². The zero-order valence-electron chi connectivity index (χ0n) is 7.57. The summed E-state index contributed by atoms with van der Waals surface area (Å²) in [6.45, 7) is 2.55. The molecule has 0 radical (unpaired) electrons. The molecule has 1 aliphatic heterocycles. The molecule has 0 spiro atoms. The highest BCUT2D eigenvalue weighted by Crippen LogP contribution is 2.32. The summed E-state index contributed by atoms with van der Waals surface area (Å²) < 4.78 is 5.07. The van der Waals surface area contributed by atoms with E-state index in [4.69, 9.17) is 62.7 Å². The fourth-order valence-corrected chi connectivity index (χ4v) is 1.97. The van der Waals surface area contributed by atoms with Gasteiger partial charge in [0.25, 0.3) is 0 Å². The summed E-state index contributed by atoms with van der Waals surface area (Å²) >= 11 is 28.7. The van der Waals surface area contributed by atoms with E-state index < -0.39 is 0 Å². The van der Waals surface area contributed by atoms with E-state index in [9.17, 15) is 0 Å². The lowest BCUT2D eigenvalue weighted by atomic mass is 10.4. The van der Waals surface area contributed by atoms with Crippen molar-refractivity contribution in [1.82, 2.24) is 4.90 Å². The molecule has 1 aliphatic rings. The van der Waals surface area contributed by atoms with E-state index in [1.54, 1.807) is 0 Å². The van der Waals surface area contributed by atoms with Crippen molar-refractivity contribution in [1.29, 1.82) is 0 Å². The number of hydrogen-bond donors (Lipinski definition) is 0. The highest BCUT2D eigenvalue weighted by molar-refractivity contribution is 6.62. The van der Waals surface area contributed by atoms with Gasteiger partial charge >= 0.3 is 0 Å². The van der Waals surface area contributed by atoms with Crippen LogP contribution in [0.4, 0.5) is 0 Å². The minimum atomic E-state index is -0.104. The lowest BCUT2D eigenvalue weighted by molar-refractivity contribution is 0.0571. The minimum absolute atomic E-state index is 0.0523. The molecule has 7 heteroatoms. The van der Waals surface area contributed by atoms with Crippen LogP contribution in [0.5, 0.6) is 0 Å². The number of ether oxygens (including phenoxy) is 1. The smallest absolute Gasteiger partial charge is 0.127 e. The lowest BCUT2D eigenvalue weighted by Gasteiger charge is -2.28. The molecule has 1 fully saturated rings. The number of rotatable bonds is 2. The zero-order valence-corrected chi connectivity index (χ0v) is 11.4. The fourth-order valence-electron chi connectivity index (χ4n) is 1.07.